The zero-order valence-corrected chi connectivity index (χ0v) is 13.8. The minimum Gasteiger partial charge on any atom is -0.404 e. The Kier molecular flexibility index (Phi) is 5.08. The van der Waals surface area contributed by atoms with Crippen molar-refractivity contribution >= 4 is 15.7 Å². The summed E-state index contributed by atoms with van der Waals surface area (Å²) in [6.45, 7) is 3.89. The zero-order chi connectivity index (χ0) is 18.0. The molecule has 2 aromatic rings. The second-order valence-corrected chi connectivity index (χ2v) is 7.03. The van der Waals surface area contributed by atoms with Crippen molar-refractivity contribution in [1.82, 2.24) is 0 Å². The second kappa shape index (κ2) is 6.72. The summed E-state index contributed by atoms with van der Waals surface area (Å²) in [5.74, 6) is -0.604. The van der Waals surface area contributed by atoms with Crippen LogP contribution in [0.2, 0.25) is 0 Å². The maximum absolute atomic E-state index is 12.4. The largest absolute Gasteiger partial charge is 0.573 e. The lowest BCUT2D eigenvalue weighted by molar-refractivity contribution is -0.275. The summed E-state index contributed by atoms with van der Waals surface area (Å²) in [6.07, 6.45) is -4.98. The Morgan fingerprint density at radius 3 is 2.33 bits per heavy atom. The molecule has 0 saturated heterocycles. The Bertz CT molecular complexity index is 817. The van der Waals surface area contributed by atoms with Gasteiger partial charge in [0.15, 0.2) is 0 Å². The number of alkyl halides is 3. The van der Waals surface area contributed by atoms with Crippen molar-refractivity contribution < 1.29 is 26.3 Å². The fraction of sp³-hybridized carbons (Fsp3) is 0.250. The lowest BCUT2D eigenvalue weighted by atomic mass is 10.0. The molecule has 0 fully saturated rings. The predicted octanol–water partition coefficient (Wildman–Crippen LogP) is 4.51. The molecule has 0 unspecified atom stereocenters. The average Bonchev–Trinajstić information content (AvgIpc) is 2.45. The van der Waals surface area contributed by atoms with Crippen LogP contribution in [0.5, 0.6) is 5.75 Å². The van der Waals surface area contributed by atoms with E-state index in [4.69, 9.17) is 0 Å². The lowest BCUT2D eigenvalue weighted by Gasteiger charge is -2.15. The smallest absolute Gasteiger partial charge is 0.404 e. The molecule has 0 saturated carbocycles. The van der Waals surface area contributed by atoms with Gasteiger partial charge in [-0.15, -0.1) is 13.2 Å². The molecule has 0 atom stereocenters. The van der Waals surface area contributed by atoms with E-state index in [1.165, 1.54) is 18.2 Å². The highest BCUT2D eigenvalue weighted by Gasteiger charge is 2.34. The molecule has 0 spiro atoms. The summed E-state index contributed by atoms with van der Waals surface area (Å²) < 4.78 is 68.3. The zero-order valence-electron chi connectivity index (χ0n) is 13.0. The van der Waals surface area contributed by atoms with Crippen LogP contribution in [0.3, 0.4) is 0 Å². The number of rotatable bonds is 5. The van der Waals surface area contributed by atoms with E-state index in [9.17, 15) is 21.6 Å². The minimum absolute atomic E-state index is 0.176. The highest BCUT2D eigenvalue weighted by atomic mass is 32.2. The van der Waals surface area contributed by atoms with Crippen LogP contribution in [-0.2, 0) is 10.0 Å². The van der Waals surface area contributed by atoms with Gasteiger partial charge in [-0.2, -0.15) is 0 Å². The van der Waals surface area contributed by atoms with E-state index in [2.05, 4.69) is 9.46 Å². The fourth-order valence-electron chi connectivity index (χ4n) is 2.05. The third kappa shape index (κ3) is 4.64. The van der Waals surface area contributed by atoms with E-state index in [0.29, 0.717) is 0 Å². The van der Waals surface area contributed by atoms with Gasteiger partial charge in [0.25, 0.3) is 10.0 Å². The van der Waals surface area contributed by atoms with Gasteiger partial charge in [-0.3, -0.25) is 4.72 Å². The molecule has 2 rings (SSSR count). The molecular weight excluding hydrogens is 343 g/mol. The van der Waals surface area contributed by atoms with Crippen LogP contribution in [0.15, 0.2) is 53.4 Å². The van der Waals surface area contributed by atoms with E-state index in [-0.39, 0.29) is 11.6 Å². The number of sulfonamides is 1. The molecule has 0 aliphatic rings. The van der Waals surface area contributed by atoms with Crippen molar-refractivity contribution in [2.75, 3.05) is 4.72 Å². The first-order valence-electron chi connectivity index (χ1n) is 7.06. The van der Waals surface area contributed by atoms with Crippen molar-refractivity contribution in [1.29, 1.82) is 0 Å². The summed E-state index contributed by atoms with van der Waals surface area (Å²) in [6, 6.07) is 11.3. The molecule has 1 N–H and O–H groups in total. The molecule has 130 valence electrons. The standard InChI is InChI=1S/C16H16F3NO3S/c1-11(2)12-6-5-7-13(10-12)20-24(21,22)15-9-4-3-8-14(15)23-16(17,18)19/h3-11,20H,1-2H3. The molecule has 0 aromatic heterocycles. The third-order valence-electron chi connectivity index (χ3n) is 3.17. The number of hydrogen-bond acceptors (Lipinski definition) is 3. The van der Waals surface area contributed by atoms with Gasteiger partial charge in [0.1, 0.15) is 10.6 Å². The van der Waals surface area contributed by atoms with Crippen LogP contribution < -0.4 is 9.46 Å². The van der Waals surface area contributed by atoms with Gasteiger partial charge >= 0.3 is 6.36 Å². The number of nitrogens with one attached hydrogen (secondary N) is 1. The SMILES string of the molecule is CC(C)c1cccc(NS(=O)(=O)c2ccccc2OC(F)(F)F)c1. The summed E-state index contributed by atoms with van der Waals surface area (Å²) in [5, 5.41) is 0. The Morgan fingerprint density at radius 2 is 1.71 bits per heavy atom. The first kappa shape index (κ1) is 18.1. The minimum atomic E-state index is -4.98. The summed E-state index contributed by atoms with van der Waals surface area (Å²) in [7, 11) is -4.23. The first-order chi connectivity index (χ1) is 11.1. The van der Waals surface area contributed by atoms with Gasteiger partial charge in [-0.1, -0.05) is 38.1 Å². The molecule has 0 amide bonds. The van der Waals surface area contributed by atoms with E-state index in [1.807, 2.05) is 19.9 Å². The van der Waals surface area contributed by atoms with E-state index >= 15 is 0 Å². The normalized spacial score (nSPS) is 12.2. The third-order valence-corrected chi connectivity index (χ3v) is 4.59. The molecule has 8 heteroatoms. The highest BCUT2D eigenvalue weighted by molar-refractivity contribution is 7.92. The Balaban J connectivity index is 2.36. The second-order valence-electron chi connectivity index (χ2n) is 5.38. The monoisotopic (exact) mass is 359 g/mol. The maximum Gasteiger partial charge on any atom is 0.573 e. The molecule has 0 heterocycles. The van der Waals surface area contributed by atoms with Crippen molar-refractivity contribution in [3.63, 3.8) is 0 Å². The molecule has 0 radical (unpaired) electrons. The lowest BCUT2D eigenvalue weighted by Crippen LogP contribution is -2.20. The molecule has 0 aliphatic heterocycles. The quantitative estimate of drug-likeness (QED) is 0.855. The Hall–Kier alpha value is -2.22. The van der Waals surface area contributed by atoms with Crippen LogP contribution in [0.1, 0.15) is 25.3 Å². The highest BCUT2D eigenvalue weighted by Crippen LogP contribution is 2.30. The van der Waals surface area contributed by atoms with Crippen LogP contribution in [-0.4, -0.2) is 14.8 Å². The van der Waals surface area contributed by atoms with Crippen molar-refractivity contribution in [2.45, 2.75) is 31.0 Å². The van der Waals surface area contributed by atoms with Crippen LogP contribution in [0.4, 0.5) is 18.9 Å². The number of para-hydroxylation sites is 1. The number of ether oxygens (including phenoxy) is 1. The Labute approximate surface area is 138 Å². The van der Waals surface area contributed by atoms with E-state index < -0.39 is 27.0 Å². The van der Waals surface area contributed by atoms with Crippen LogP contribution in [0.25, 0.3) is 0 Å². The van der Waals surface area contributed by atoms with Gasteiger partial charge in [0.2, 0.25) is 0 Å². The van der Waals surface area contributed by atoms with Gasteiger partial charge in [0, 0.05) is 5.69 Å². The molecule has 0 aliphatic carbocycles. The van der Waals surface area contributed by atoms with Gasteiger partial charge < -0.3 is 4.74 Å². The fourth-order valence-corrected chi connectivity index (χ4v) is 3.23. The van der Waals surface area contributed by atoms with Crippen LogP contribution >= 0.6 is 0 Å². The number of anilines is 1. The summed E-state index contributed by atoms with van der Waals surface area (Å²) in [4.78, 5) is -0.586. The Morgan fingerprint density at radius 1 is 1.04 bits per heavy atom. The van der Waals surface area contributed by atoms with Crippen molar-refractivity contribution in [3.05, 3.63) is 54.1 Å². The van der Waals surface area contributed by atoms with Crippen molar-refractivity contribution in [3.8, 4) is 5.75 Å². The molecule has 24 heavy (non-hydrogen) atoms. The number of hydrogen-bond donors (Lipinski definition) is 1. The topological polar surface area (TPSA) is 55.4 Å². The predicted molar refractivity (Wildman–Crippen MR) is 84.5 cm³/mol. The van der Waals surface area contributed by atoms with Crippen molar-refractivity contribution in [2.24, 2.45) is 0 Å². The number of halogens is 3. The summed E-state index contributed by atoms with van der Waals surface area (Å²) in [5.41, 5.74) is 1.16. The van der Waals surface area contributed by atoms with Gasteiger partial charge in [-0.25, -0.2) is 8.42 Å². The average molecular weight is 359 g/mol. The summed E-state index contributed by atoms with van der Waals surface area (Å²) >= 11 is 0. The molecule has 4 nitrogen and oxygen atoms in total. The van der Waals surface area contributed by atoms with Gasteiger partial charge in [-0.05, 0) is 35.7 Å². The van der Waals surface area contributed by atoms with Gasteiger partial charge in [0.05, 0.1) is 0 Å². The van der Waals surface area contributed by atoms with E-state index in [0.717, 1.165) is 17.7 Å². The van der Waals surface area contributed by atoms with Crippen LogP contribution in [0, 0.1) is 0 Å². The molecule has 0 bridgehead atoms. The first-order valence-corrected chi connectivity index (χ1v) is 8.54. The molecular formula is C16H16F3NO3S. The van der Waals surface area contributed by atoms with E-state index in [1.54, 1.807) is 12.1 Å². The molecule has 2 aromatic carbocycles. The maximum atomic E-state index is 12.4. The number of benzene rings is 2.